The monoisotopic (exact) mass is 461 g/mol. The molecule has 34 heavy (non-hydrogen) atoms. The molecule has 0 aliphatic carbocycles. The minimum absolute atomic E-state index is 0.00530. The number of rotatable bonds is 8. The quantitative estimate of drug-likeness (QED) is 0.390. The van der Waals surface area contributed by atoms with Crippen LogP contribution < -0.4 is 4.74 Å². The van der Waals surface area contributed by atoms with E-state index < -0.39 is 5.82 Å². The lowest BCUT2D eigenvalue weighted by atomic mass is 10.0. The van der Waals surface area contributed by atoms with E-state index in [-0.39, 0.29) is 23.7 Å². The number of ketones is 1. The third-order valence-electron chi connectivity index (χ3n) is 5.45. The van der Waals surface area contributed by atoms with Crippen LogP contribution in [0.2, 0.25) is 0 Å². The lowest BCUT2D eigenvalue weighted by Crippen LogP contribution is -2.26. The lowest BCUT2D eigenvalue weighted by molar-refractivity contribution is 0.0784. The van der Waals surface area contributed by atoms with Crippen molar-refractivity contribution >= 4 is 22.6 Å². The number of ether oxygens (including phenoxy) is 1. The number of hydrogen-bond donors (Lipinski definition) is 1. The first-order chi connectivity index (χ1) is 16.4. The molecule has 4 rings (SSSR count). The highest BCUT2D eigenvalue weighted by molar-refractivity contribution is 5.98. The van der Waals surface area contributed by atoms with E-state index in [0.29, 0.717) is 35.7 Å². The van der Waals surface area contributed by atoms with Crippen LogP contribution in [0.15, 0.2) is 49.1 Å². The number of pyridine rings is 2. The summed E-state index contributed by atoms with van der Waals surface area (Å²) in [6, 6.07) is 5.87. The number of nitrogens with one attached hydrogen (secondary N) is 1. The van der Waals surface area contributed by atoms with Gasteiger partial charge in [0.05, 0.1) is 29.4 Å². The minimum Gasteiger partial charge on any atom is -0.492 e. The van der Waals surface area contributed by atoms with Gasteiger partial charge in [-0.05, 0) is 31.2 Å². The highest BCUT2D eigenvalue weighted by Crippen LogP contribution is 2.31. The van der Waals surface area contributed by atoms with Gasteiger partial charge in [0.1, 0.15) is 17.3 Å². The molecule has 0 radical (unpaired) electrons. The number of aromatic amines is 1. The van der Waals surface area contributed by atoms with Gasteiger partial charge in [-0.25, -0.2) is 4.39 Å². The molecule has 8 nitrogen and oxygen atoms in total. The molecular weight excluding hydrogens is 437 g/mol. The van der Waals surface area contributed by atoms with Gasteiger partial charge in [0.25, 0.3) is 5.91 Å². The number of amides is 1. The Hall–Kier alpha value is -4.14. The number of halogens is 1. The molecule has 3 heterocycles. The first-order valence-electron chi connectivity index (χ1n) is 10.9. The molecule has 0 bridgehead atoms. The van der Waals surface area contributed by atoms with Crippen molar-refractivity contribution in [1.82, 2.24) is 25.1 Å². The van der Waals surface area contributed by atoms with Crippen molar-refractivity contribution in [2.75, 3.05) is 13.7 Å². The molecular formula is C25H24FN5O3. The van der Waals surface area contributed by atoms with Gasteiger partial charge in [-0.1, -0.05) is 6.92 Å². The molecule has 0 aliphatic rings. The van der Waals surface area contributed by atoms with E-state index in [0.717, 1.165) is 16.5 Å². The molecule has 1 N–H and O–H groups in total. The summed E-state index contributed by atoms with van der Waals surface area (Å²) in [4.78, 5) is 35.5. The van der Waals surface area contributed by atoms with Crippen LogP contribution in [-0.2, 0) is 6.54 Å². The number of hydrogen-bond acceptors (Lipinski definition) is 6. The van der Waals surface area contributed by atoms with Gasteiger partial charge >= 0.3 is 0 Å². The second-order valence-electron chi connectivity index (χ2n) is 7.77. The smallest absolute Gasteiger partial charge is 0.255 e. The topological polar surface area (TPSA) is 101 Å². The van der Waals surface area contributed by atoms with Crippen LogP contribution in [0.3, 0.4) is 0 Å². The maximum atomic E-state index is 14.2. The van der Waals surface area contributed by atoms with E-state index in [2.05, 4.69) is 20.2 Å². The standard InChI is InChI=1S/C25H24FN5O3/c1-4-21(32)19-8-15(6-7-20(19)26)24-22(34-5-2)9-16(12-28-24)25(33)31(3)14-18-11-27-10-17-13-29-30-23(17)18/h6-13H,4-5,14H2,1-3H3,(H,29,30). The largest absolute Gasteiger partial charge is 0.492 e. The fourth-order valence-electron chi connectivity index (χ4n) is 3.71. The molecule has 9 heteroatoms. The average molecular weight is 461 g/mol. The molecule has 3 aromatic heterocycles. The SMILES string of the molecule is CCOc1cc(C(=O)N(C)Cc2cncc3cn[nH]c23)cnc1-c1ccc(F)c(C(=O)CC)c1. The fraction of sp³-hybridized carbons (Fsp3) is 0.240. The van der Waals surface area contributed by atoms with Gasteiger partial charge in [-0.15, -0.1) is 0 Å². The number of carbonyl (C=O) groups excluding carboxylic acids is 2. The summed E-state index contributed by atoms with van der Waals surface area (Å²) >= 11 is 0. The van der Waals surface area contributed by atoms with Crippen LogP contribution >= 0.6 is 0 Å². The predicted octanol–water partition coefficient (Wildman–Crippen LogP) is 4.42. The average Bonchev–Trinajstić information content (AvgIpc) is 3.34. The number of aromatic nitrogens is 4. The number of carbonyl (C=O) groups is 2. The van der Waals surface area contributed by atoms with E-state index in [1.54, 1.807) is 43.5 Å². The molecule has 0 spiro atoms. The number of benzene rings is 1. The predicted molar refractivity (Wildman–Crippen MR) is 125 cm³/mol. The van der Waals surface area contributed by atoms with Crippen LogP contribution in [0.1, 0.15) is 46.5 Å². The number of Topliss-reactive ketones (excluding diaryl/α,β-unsaturated/α-hetero) is 1. The molecule has 0 fully saturated rings. The minimum atomic E-state index is -0.580. The first kappa shape index (κ1) is 23.0. The second-order valence-corrected chi connectivity index (χ2v) is 7.77. The van der Waals surface area contributed by atoms with Crippen LogP contribution in [0.5, 0.6) is 5.75 Å². The zero-order valence-electron chi connectivity index (χ0n) is 19.1. The van der Waals surface area contributed by atoms with Gasteiger partial charge < -0.3 is 9.64 Å². The van der Waals surface area contributed by atoms with Crippen molar-refractivity contribution in [2.24, 2.45) is 0 Å². The summed E-state index contributed by atoms with van der Waals surface area (Å²) in [5.74, 6) is -0.755. The van der Waals surface area contributed by atoms with Crippen molar-refractivity contribution < 1.29 is 18.7 Å². The number of nitrogens with zero attached hydrogens (tertiary/aromatic N) is 4. The van der Waals surface area contributed by atoms with Crippen LogP contribution in [0.25, 0.3) is 22.2 Å². The van der Waals surface area contributed by atoms with E-state index in [4.69, 9.17) is 4.74 Å². The van der Waals surface area contributed by atoms with Crippen molar-refractivity contribution in [2.45, 2.75) is 26.8 Å². The summed E-state index contributed by atoms with van der Waals surface area (Å²) in [6.45, 7) is 4.16. The maximum Gasteiger partial charge on any atom is 0.255 e. The summed E-state index contributed by atoms with van der Waals surface area (Å²) in [6.07, 6.45) is 6.72. The molecule has 0 aliphatic heterocycles. The van der Waals surface area contributed by atoms with E-state index >= 15 is 0 Å². The summed E-state index contributed by atoms with van der Waals surface area (Å²) in [5.41, 5.74) is 2.97. The Morgan fingerprint density at radius 1 is 1.12 bits per heavy atom. The van der Waals surface area contributed by atoms with Gasteiger partial charge in [-0.3, -0.25) is 24.7 Å². The van der Waals surface area contributed by atoms with Crippen LogP contribution in [0.4, 0.5) is 4.39 Å². The number of fused-ring (bicyclic) bond motifs is 1. The zero-order chi connectivity index (χ0) is 24.2. The first-order valence-corrected chi connectivity index (χ1v) is 10.9. The second kappa shape index (κ2) is 9.78. The maximum absolute atomic E-state index is 14.2. The molecule has 0 saturated heterocycles. The number of H-pyrrole nitrogens is 1. The Kier molecular flexibility index (Phi) is 6.62. The highest BCUT2D eigenvalue weighted by Gasteiger charge is 2.19. The van der Waals surface area contributed by atoms with Crippen LogP contribution in [-0.4, -0.2) is 50.4 Å². The molecule has 174 valence electrons. The van der Waals surface area contributed by atoms with E-state index in [1.807, 2.05) is 6.92 Å². The fourth-order valence-corrected chi connectivity index (χ4v) is 3.71. The van der Waals surface area contributed by atoms with Crippen molar-refractivity contribution in [3.8, 4) is 17.0 Å². The normalized spacial score (nSPS) is 10.9. The van der Waals surface area contributed by atoms with Gasteiger partial charge in [0.15, 0.2) is 5.78 Å². The molecule has 1 amide bonds. The van der Waals surface area contributed by atoms with Crippen molar-refractivity contribution in [3.63, 3.8) is 0 Å². The van der Waals surface area contributed by atoms with E-state index in [9.17, 15) is 14.0 Å². The molecule has 0 saturated carbocycles. The summed E-state index contributed by atoms with van der Waals surface area (Å²) in [7, 11) is 1.69. The third-order valence-corrected chi connectivity index (χ3v) is 5.45. The Bertz CT molecular complexity index is 1370. The Balaban J connectivity index is 1.64. The van der Waals surface area contributed by atoms with Crippen molar-refractivity contribution in [3.05, 3.63) is 71.6 Å². The molecule has 0 atom stereocenters. The van der Waals surface area contributed by atoms with Crippen LogP contribution in [0, 0.1) is 5.82 Å². The van der Waals surface area contributed by atoms with Gasteiger partial charge in [-0.2, -0.15) is 5.10 Å². The summed E-state index contributed by atoms with van der Waals surface area (Å²) in [5, 5.41) is 7.83. The van der Waals surface area contributed by atoms with Crippen molar-refractivity contribution in [1.29, 1.82) is 0 Å². The third kappa shape index (κ3) is 4.50. The summed E-state index contributed by atoms with van der Waals surface area (Å²) < 4.78 is 19.9. The van der Waals surface area contributed by atoms with E-state index in [1.165, 1.54) is 24.4 Å². The Labute approximate surface area is 195 Å². The van der Waals surface area contributed by atoms with Gasteiger partial charge in [0, 0.05) is 55.1 Å². The lowest BCUT2D eigenvalue weighted by Gasteiger charge is -2.18. The molecule has 4 aromatic rings. The van der Waals surface area contributed by atoms with Gasteiger partial charge in [0.2, 0.25) is 0 Å². The Morgan fingerprint density at radius 2 is 1.94 bits per heavy atom. The molecule has 0 unspecified atom stereocenters. The highest BCUT2D eigenvalue weighted by atomic mass is 19.1. The molecule has 1 aromatic carbocycles. The Morgan fingerprint density at radius 3 is 2.71 bits per heavy atom. The zero-order valence-corrected chi connectivity index (χ0v) is 19.1.